The van der Waals surface area contributed by atoms with Crippen LogP contribution in [0, 0.1) is 10.8 Å². The van der Waals surface area contributed by atoms with E-state index >= 15 is 0 Å². The molecule has 0 radical (unpaired) electrons. The van der Waals surface area contributed by atoms with Crippen LogP contribution in [0.25, 0.3) is 0 Å². The van der Waals surface area contributed by atoms with Gasteiger partial charge in [-0.25, -0.2) is 0 Å². The standard InChI is InChI=1S/C14H27NO2/c1-6-17-12(16)9-15-11-7-13(2,3)10-14(4,5)8-11/h11,15H,6-10H2,1-5H3. The Morgan fingerprint density at radius 3 is 2.24 bits per heavy atom. The highest BCUT2D eigenvalue weighted by molar-refractivity contribution is 5.71. The van der Waals surface area contributed by atoms with Crippen molar-refractivity contribution in [3.05, 3.63) is 0 Å². The first-order valence-electron chi connectivity index (χ1n) is 6.63. The number of carbonyl (C=O) groups excluding carboxylic acids is 1. The Balaban J connectivity index is 2.46. The first kappa shape index (κ1) is 14.5. The summed E-state index contributed by atoms with van der Waals surface area (Å²) >= 11 is 0. The normalized spacial score (nSPS) is 23.4. The molecule has 3 heteroatoms. The van der Waals surface area contributed by atoms with Gasteiger partial charge in [-0.1, -0.05) is 27.7 Å². The van der Waals surface area contributed by atoms with Gasteiger partial charge in [0.1, 0.15) is 0 Å². The molecule has 0 unspecified atom stereocenters. The molecular formula is C14H27NO2. The quantitative estimate of drug-likeness (QED) is 0.769. The Labute approximate surface area is 105 Å². The molecule has 0 amide bonds. The lowest BCUT2D eigenvalue weighted by atomic mass is 9.63. The van der Waals surface area contributed by atoms with Crippen molar-refractivity contribution in [2.45, 2.75) is 59.9 Å². The second kappa shape index (κ2) is 5.38. The molecule has 0 atom stereocenters. The molecule has 0 aliphatic heterocycles. The van der Waals surface area contributed by atoms with Crippen molar-refractivity contribution in [2.75, 3.05) is 13.2 Å². The molecule has 17 heavy (non-hydrogen) atoms. The molecule has 1 rings (SSSR count). The summed E-state index contributed by atoms with van der Waals surface area (Å²) in [6.07, 6.45) is 3.52. The molecule has 1 aliphatic rings. The first-order chi connectivity index (χ1) is 7.74. The maximum Gasteiger partial charge on any atom is 0.319 e. The number of hydrogen-bond acceptors (Lipinski definition) is 3. The molecule has 1 aliphatic carbocycles. The number of ether oxygens (including phenoxy) is 1. The van der Waals surface area contributed by atoms with Gasteiger partial charge in [0.2, 0.25) is 0 Å². The molecule has 0 spiro atoms. The Morgan fingerprint density at radius 1 is 1.24 bits per heavy atom. The highest BCUT2D eigenvalue weighted by Gasteiger charge is 2.38. The zero-order valence-corrected chi connectivity index (χ0v) is 11.9. The Bertz CT molecular complexity index is 255. The Kier molecular flexibility index (Phi) is 4.59. The van der Waals surface area contributed by atoms with E-state index in [9.17, 15) is 4.79 Å². The predicted octanol–water partition coefficient (Wildman–Crippen LogP) is 2.74. The lowest BCUT2D eigenvalue weighted by Crippen LogP contribution is -2.45. The number of rotatable bonds is 4. The van der Waals surface area contributed by atoms with Gasteiger partial charge in [-0.05, 0) is 37.0 Å². The molecule has 1 fully saturated rings. The van der Waals surface area contributed by atoms with Gasteiger partial charge in [0, 0.05) is 6.04 Å². The molecule has 0 heterocycles. The molecule has 100 valence electrons. The molecule has 0 aromatic heterocycles. The Morgan fingerprint density at radius 2 is 1.76 bits per heavy atom. The number of nitrogens with one attached hydrogen (secondary N) is 1. The summed E-state index contributed by atoms with van der Waals surface area (Å²) < 4.78 is 4.94. The first-order valence-corrected chi connectivity index (χ1v) is 6.63. The molecule has 1 saturated carbocycles. The summed E-state index contributed by atoms with van der Waals surface area (Å²) in [4.78, 5) is 11.3. The van der Waals surface area contributed by atoms with Crippen LogP contribution in [-0.2, 0) is 9.53 Å². The van der Waals surface area contributed by atoms with Crippen LogP contribution < -0.4 is 5.32 Å². The van der Waals surface area contributed by atoms with Gasteiger partial charge in [0.05, 0.1) is 13.2 Å². The highest BCUT2D eigenvalue weighted by Crippen LogP contribution is 2.45. The third-order valence-corrected chi connectivity index (χ3v) is 3.40. The van der Waals surface area contributed by atoms with Crippen molar-refractivity contribution in [2.24, 2.45) is 10.8 Å². The summed E-state index contributed by atoms with van der Waals surface area (Å²) in [6, 6.07) is 0.429. The molecular weight excluding hydrogens is 214 g/mol. The number of carbonyl (C=O) groups is 1. The van der Waals surface area contributed by atoms with Crippen molar-refractivity contribution in [3.63, 3.8) is 0 Å². The average molecular weight is 241 g/mol. The molecule has 0 bridgehead atoms. The van der Waals surface area contributed by atoms with Crippen molar-refractivity contribution in [1.82, 2.24) is 5.32 Å². The zero-order chi connectivity index (χ0) is 13.1. The van der Waals surface area contributed by atoms with E-state index in [1.54, 1.807) is 0 Å². The maximum absolute atomic E-state index is 11.3. The van der Waals surface area contributed by atoms with Crippen molar-refractivity contribution >= 4 is 5.97 Å². The average Bonchev–Trinajstić information content (AvgIpc) is 2.10. The summed E-state index contributed by atoms with van der Waals surface area (Å²) in [5, 5.41) is 3.34. The van der Waals surface area contributed by atoms with Gasteiger partial charge in [-0.2, -0.15) is 0 Å². The van der Waals surface area contributed by atoms with Crippen LogP contribution in [0.15, 0.2) is 0 Å². The van der Waals surface area contributed by atoms with E-state index in [4.69, 9.17) is 4.74 Å². The van der Waals surface area contributed by atoms with Crippen molar-refractivity contribution in [3.8, 4) is 0 Å². The fraction of sp³-hybridized carbons (Fsp3) is 0.929. The fourth-order valence-electron chi connectivity index (χ4n) is 3.43. The summed E-state index contributed by atoms with van der Waals surface area (Å²) in [6.45, 7) is 11.9. The van der Waals surface area contributed by atoms with Gasteiger partial charge in [0.15, 0.2) is 0 Å². The second-order valence-corrected chi connectivity index (χ2v) is 6.80. The summed E-state index contributed by atoms with van der Waals surface area (Å²) in [7, 11) is 0. The van der Waals surface area contributed by atoms with E-state index in [1.807, 2.05) is 6.92 Å². The smallest absolute Gasteiger partial charge is 0.319 e. The van der Waals surface area contributed by atoms with Crippen LogP contribution in [0.5, 0.6) is 0 Å². The van der Waals surface area contributed by atoms with Gasteiger partial charge in [-0.15, -0.1) is 0 Å². The van der Waals surface area contributed by atoms with Gasteiger partial charge in [-0.3, -0.25) is 4.79 Å². The maximum atomic E-state index is 11.3. The van der Waals surface area contributed by atoms with Crippen molar-refractivity contribution < 1.29 is 9.53 Å². The Hall–Kier alpha value is -0.570. The van der Waals surface area contributed by atoms with E-state index in [0.29, 0.717) is 30.0 Å². The van der Waals surface area contributed by atoms with E-state index < -0.39 is 0 Å². The minimum atomic E-state index is -0.145. The van der Waals surface area contributed by atoms with Crippen molar-refractivity contribution in [1.29, 1.82) is 0 Å². The van der Waals surface area contributed by atoms with Gasteiger partial charge < -0.3 is 10.1 Å². The van der Waals surface area contributed by atoms with E-state index in [0.717, 1.165) is 12.8 Å². The summed E-state index contributed by atoms with van der Waals surface area (Å²) in [5.41, 5.74) is 0.710. The van der Waals surface area contributed by atoms with Gasteiger partial charge in [0.25, 0.3) is 0 Å². The highest BCUT2D eigenvalue weighted by atomic mass is 16.5. The lowest BCUT2D eigenvalue weighted by Gasteiger charge is -2.45. The SMILES string of the molecule is CCOC(=O)CNC1CC(C)(C)CC(C)(C)C1. The van der Waals surface area contributed by atoms with E-state index in [-0.39, 0.29) is 5.97 Å². The molecule has 3 nitrogen and oxygen atoms in total. The summed E-state index contributed by atoms with van der Waals surface area (Å²) in [5.74, 6) is -0.145. The van der Waals surface area contributed by atoms with Crippen LogP contribution in [0.2, 0.25) is 0 Å². The monoisotopic (exact) mass is 241 g/mol. The predicted molar refractivity (Wildman–Crippen MR) is 69.8 cm³/mol. The van der Waals surface area contributed by atoms with Crippen LogP contribution in [0.1, 0.15) is 53.9 Å². The lowest BCUT2D eigenvalue weighted by molar-refractivity contribution is -0.142. The van der Waals surface area contributed by atoms with Crippen LogP contribution in [0.3, 0.4) is 0 Å². The zero-order valence-electron chi connectivity index (χ0n) is 11.9. The fourth-order valence-corrected chi connectivity index (χ4v) is 3.43. The largest absolute Gasteiger partial charge is 0.465 e. The topological polar surface area (TPSA) is 38.3 Å². The molecule has 0 saturated heterocycles. The number of esters is 1. The minimum Gasteiger partial charge on any atom is -0.465 e. The third-order valence-electron chi connectivity index (χ3n) is 3.40. The molecule has 0 aromatic carbocycles. The number of hydrogen-bond donors (Lipinski definition) is 1. The second-order valence-electron chi connectivity index (χ2n) is 6.80. The van der Waals surface area contributed by atoms with E-state index in [1.165, 1.54) is 6.42 Å². The van der Waals surface area contributed by atoms with Crippen LogP contribution in [0.4, 0.5) is 0 Å². The third kappa shape index (κ3) is 5.07. The molecule has 0 aromatic rings. The van der Waals surface area contributed by atoms with Crippen LogP contribution >= 0.6 is 0 Å². The molecule has 1 N–H and O–H groups in total. The minimum absolute atomic E-state index is 0.145. The van der Waals surface area contributed by atoms with E-state index in [2.05, 4.69) is 33.0 Å². The van der Waals surface area contributed by atoms with Gasteiger partial charge >= 0.3 is 5.97 Å². The van der Waals surface area contributed by atoms with Crippen LogP contribution in [-0.4, -0.2) is 25.2 Å².